The van der Waals surface area contributed by atoms with Gasteiger partial charge in [-0.25, -0.2) is 9.67 Å². The van der Waals surface area contributed by atoms with Crippen molar-refractivity contribution in [3.63, 3.8) is 0 Å². The molecule has 6 nitrogen and oxygen atoms in total. The van der Waals surface area contributed by atoms with Gasteiger partial charge in [-0.15, -0.1) is 5.10 Å². The highest BCUT2D eigenvalue weighted by Gasteiger charge is 2.28. The van der Waals surface area contributed by atoms with E-state index < -0.39 is 5.60 Å². The minimum absolute atomic E-state index is 0.0266. The SMILES string of the molecule is Cc1c(C(C)(C)C)cc(-c2nc(C(=O)NCC(C)(C)O)nn2CC2CCCCC2)cc1C(C)(C)C. The fourth-order valence-electron chi connectivity index (χ4n) is 5.17. The molecule has 1 aromatic heterocycles. The second-order valence-corrected chi connectivity index (χ2v) is 13.1. The van der Waals surface area contributed by atoms with Gasteiger partial charge in [0.2, 0.25) is 5.82 Å². The molecule has 0 radical (unpaired) electrons. The Hall–Kier alpha value is -2.21. The maximum atomic E-state index is 12.9. The van der Waals surface area contributed by atoms with Crippen LogP contribution in [0.5, 0.6) is 0 Å². The second-order valence-electron chi connectivity index (χ2n) is 13.1. The number of aromatic nitrogens is 3. The summed E-state index contributed by atoms with van der Waals surface area (Å²) in [5, 5.41) is 17.5. The van der Waals surface area contributed by atoms with Gasteiger partial charge in [0.15, 0.2) is 5.82 Å². The third-order valence-electron chi connectivity index (χ3n) is 6.99. The van der Waals surface area contributed by atoms with Gasteiger partial charge < -0.3 is 10.4 Å². The van der Waals surface area contributed by atoms with Crippen molar-refractivity contribution in [3.8, 4) is 11.4 Å². The van der Waals surface area contributed by atoms with Crippen molar-refractivity contribution in [1.29, 1.82) is 0 Å². The standard InChI is InChI=1S/C29H46N4O2/c1-19-22(27(2,3)4)15-21(16-23(19)28(5,6)7)25-31-24(26(34)30-18-29(8,9)35)32-33(25)17-20-13-11-10-12-14-20/h15-16,20,35H,10-14,17-18H2,1-9H3,(H,30,34). The molecule has 1 heterocycles. The number of nitrogens with one attached hydrogen (secondary N) is 1. The van der Waals surface area contributed by atoms with E-state index in [0.29, 0.717) is 5.92 Å². The Morgan fingerprint density at radius 3 is 2.03 bits per heavy atom. The summed E-state index contributed by atoms with van der Waals surface area (Å²) in [7, 11) is 0. The lowest BCUT2D eigenvalue weighted by Gasteiger charge is -2.30. The molecule has 1 fully saturated rings. The molecule has 2 aromatic rings. The fraction of sp³-hybridized carbons (Fsp3) is 0.690. The molecule has 1 saturated carbocycles. The van der Waals surface area contributed by atoms with E-state index >= 15 is 0 Å². The Kier molecular flexibility index (Phi) is 7.85. The molecule has 1 aromatic carbocycles. The van der Waals surface area contributed by atoms with Crippen LogP contribution in [0.4, 0.5) is 0 Å². The lowest BCUT2D eigenvalue weighted by Crippen LogP contribution is -2.38. The zero-order valence-electron chi connectivity index (χ0n) is 23.4. The van der Waals surface area contributed by atoms with Crippen molar-refractivity contribution >= 4 is 5.91 Å². The van der Waals surface area contributed by atoms with Crippen LogP contribution in [0, 0.1) is 12.8 Å². The number of hydrogen-bond acceptors (Lipinski definition) is 4. The topological polar surface area (TPSA) is 80.0 Å². The van der Waals surface area contributed by atoms with Crippen LogP contribution >= 0.6 is 0 Å². The summed E-state index contributed by atoms with van der Waals surface area (Å²) in [6, 6.07) is 4.48. The smallest absolute Gasteiger partial charge is 0.291 e. The molecule has 3 rings (SSSR count). The van der Waals surface area contributed by atoms with Gasteiger partial charge in [0.25, 0.3) is 5.91 Å². The largest absolute Gasteiger partial charge is 0.389 e. The van der Waals surface area contributed by atoms with Gasteiger partial charge in [-0.2, -0.15) is 0 Å². The highest BCUT2D eigenvalue weighted by Crippen LogP contribution is 2.37. The van der Waals surface area contributed by atoms with Gasteiger partial charge in [-0.05, 0) is 79.2 Å². The average Bonchev–Trinajstić information content (AvgIpc) is 3.14. The summed E-state index contributed by atoms with van der Waals surface area (Å²) in [4.78, 5) is 17.7. The maximum Gasteiger partial charge on any atom is 0.291 e. The first kappa shape index (κ1) is 27.4. The number of hydrogen-bond donors (Lipinski definition) is 2. The minimum Gasteiger partial charge on any atom is -0.389 e. The Balaban J connectivity index is 2.12. The van der Waals surface area contributed by atoms with Crippen molar-refractivity contribution in [1.82, 2.24) is 20.1 Å². The van der Waals surface area contributed by atoms with Crippen LogP contribution in [-0.4, -0.2) is 37.9 Å². The number of amides is 1. The highest BCUT2D eigenvalue weighted by atomic mass is 16.3. The first-order chi connectivity index (χ1) is 16.1. The van der Waals surface area contributed by atoms with Gasteiger partial charge in [-0.3, -0.25) is 4.79 Å². The molecule has 0 aliphatic heterocycles. The zero-order valence-corrected chi connectivity index (χ0v) is 23.4. The van der Waals surface area contributed by atoms with E-state index in [1.54, 1.807) is 13.8 Å². The molecular weight excluding hydrogens is 436 g/mol. The number of benzene rings is 1. The number of rotatable bonds is 6. The fourth-order valence-corrected chi connectivity index (χ4v) is 5.17. The van der Waals surface area contributed by atoms with Crippen molar-refractivity contribution < 1.29 is 9.90 Å². The molecule has 1 aliphatic rings. The van der Waals surface area contributed by atoms with E-state index in [-0.39, 0.29) is 29.1 Å². The van der Waals surface area contributed by atoms with Crippen LogP contribution in [-0.2, 0) is 17.4 Å². The summed E-state index contributed by atoms with van der Waals surface area (Å²) in [5.74, 6) is 1.11. The Morgan fingerprint density at radius 1 is 1.00 bits per heavy atom. The second kappa shape index (κ2) is 10.0. The number of carbonyl (C=O) groups is 1. The Morgan fingerprint density at radius 2 is 1.54 bits per heavy atom. The van der Waals surface area contributed by atoms with Crippen LogP contribution in [0.25, 0.3) is 11.4 Å². The Bertz CT molecular complexity index is 1010. The van der Waals surface area contributed by atoms with Gasteiger partial charge in [-0.1, -0.05) is 60.8 Å². The molecule has 35 heavy (non-hydrogen) atoms. The van der Waals surface area contributed by atoms with E-state index in [1.165, 1.54) is 48.8 Å². The molecule has 1 amide bonds. The van der Waals surface area contributed by atoms with Crippen molar-refractivity contribution in [3.05, 3.63) is 34.6 Å². The minimum atomic E-state index is -0.997. The van der Waals surface area contributed by atoms with Crippen LogP contribution in [0.2, 0.25) is 0 Å². The number of aliphatic hydroxyl groups is 1. The number of carbonyl (C=O) groups excluding carboxylic acids is 1. The maximum absolute atomic E-state index is 12.9. The lowest BCUT2D eigenvalue weighted by atomic mass is 9.75. The van der Waals surface area contributed by atoms with Crippen LogP contribution in [0.15, 0.2) is 12.1 Å². The monoisotopic (exact) mass is 482 g/mol. The summed E-state index contributed by atoms with van der Waals surface area (Å²) in [6.07, 6.45) is 6.18. The first-order valence-corrected chi connectivity index (χ1v) is 13.2. The van der Waals surface area contributed by atoms with Gasteiger partial charge >= 0.3 is 0 Å². The van der Waals surface area contributed by atoms with Crippen LogP contribution < -0.4 is 5.32 Å². The van der Waals surface area contributed by atoms with Gasteiger partial charge in [0.05, 0.1) is 5.60 Å². The van der Waals surface area contributed by atoms with Crippen molar-refractivity contribution in [2.75, 3.05) is 6.54 Å². The van der Waals surface area contributed by atoms with E-state index in [2.05, 4.69) is 65.9 Å². The van der Waals surface area contributed by atoms with Gasteiger partial charge in [0, 0.05) is 18.7 Å². The molecule has 2 N–H and O–H groups in total. The summed E-state index contributed by atoms with van der Waals surface area (Å²) in [5.41, 5.74) is 3.86. The van der Waals surface area contributed by atoms with Crippen molar-refractivity contribution in [2.45, 2.75) is 117 Å². The zero-order chi connectivity index (χ0) is 26.2. The molecule has 0 unspecified atom stereocenters. The molecule has 0 saturated heterocycles. The molecule has 0 atom stereocenters. The van der Waals surface area contributed by atoms with Gasteiger partial charge in [0.1, 0.15) is 0 Å². The molecule has 1 aliphatic carbocycles. The molecule has 0 spiro atoms. The van der Waals surface area contributed by atoms with Crippen LogP contribution in [0.1, 0.15) is 115 Å². The summed E-state index contributed by atoms with van der Waals surface area (Å²) < 4.78 is 1.96. The molecule has 6 heteroatoms. The van der Waals surface area contributed by atoms with E-state index in [4.69, 9.17) is 10.1 Å². The lowest BCUT2D eigenvalue weighted by molar-refractivity contribution is 0.0689. The predicted octanol–water partition coefficient (Wildman–Crippen LogP) is 5.93. The van der Waals surface area contributed by atoms with E-state index in [1.807, 2.05) is 4.68 Å². The third-order valence-corrected chi connectivity index (χ3v) is 6.99. The summed E-state index contributed by atoms with van der Waals surface area (Å²) in [6.45, 7) is 19.9. The van der Waals surface area contributed by atoms with Crippen molar-refractivity contribution in [2.24, 2.45) is 5.92 Å². The normalized spacial score (nSPS) is 15.9. The van der Waals surface area contributed by atoms with E-state index in [0.717, 1.165) is 17.9 Å². The third kappa shape index (κ3) is 6.93. The summed E-state index contributed by atoms with van der Waals surface area (Å²) >= 11 is 0. The Labute approximate surface area is 211 Å². The molecular formula is C29H46N4O2. The first-order valence-electron chi connectivity index (χ1n) is 13.2. The molecule has 0 bridgehead atoms. The van der Waals surface area contributed by atoms with E-state index in [9.17, 15) is 9.90 Å². The number of nitrogens with zero attached hydrogens (tertiary/aromatic N) is 3. The highest BCUT2D eigenvalue weighted by molar-refractivity contribution is 5.91. The molecule has 194 valence electrons. The average molecular weight is 483 g/mol. The van der Waals surface area contributed by atoms with Crippen LogP contribution in [0.3, 0.4) is 0 Å². The predicted molar refractivity (Wildman–Crippen MR) is 143 cm³/mol. The quantitative estimate of drug-likeness (QED) is 0.535.